The number of hydrogen-bond donors (Lipinski definition) is 1. The highest BCUT2D eigenvalue weighted by atomic mass is 35.5. The highest BCUT2D eigenvalue weighted by Crippen LogP contribution is 2.31. The summed E-state index contributed by atoms with van der Waals surface area (Å²) in [5, 5.41) is 9.09. The molecular formula is C20H20ClN5OS. The number of thioether (sulfide) groups is 1. The normalized spacial score (nSPS) is 14.6. The highest BCUT2D eigenvalue weighted by molar-refractivity contribution is 8.00. The molecule has 6 nitrogen and oxygen atoms in total. The standard InChI is InChI=1S/C20H20ClN5OS/c1-13(19(27)25-11-5-8-14-6-2-3-10-17(14)25)28-20-24-23-18(26(20)22)15-7-4-9-16(21)12-15/h2-4,6-7,9-10,12-13H,5,8,11,22H2,1H3/t13-/m1/s1. The number of nitrogens with zero attached hydrogens (tertiary/aromatic N) is 4. The molecule has 28 heavy (non-hydrogen) atoms. The second-order valence-corrected chi connectivity index (χ2v) is 8.41. The van der Waals surface area contributed by atoms with E-state index < -0.39 is 0 Å². The largest absolute Gasteiger partial charge is 0.335 e. The van der Waals surface area contributed by atoms with Crippen LogP contribution in [-0.4, -0.2) is 32.6 Å². The zero-order chi connectivity index (χ0) is 19.7. The van der Waals surface area contributed by atoms with Crippen LogP contribution in [0.4, 0.5) is 5.69 Å². The van der Waals surface area contributed by atoms with Crippen molar-refractivity contribution < 1.29 is 4.79 Å². The van der Waals surface area contributed by atoms with Crippen molar-refractivity contribution in [2.75, 3.05) is 17.3 Å². The minimum atomic E-state index is -0.343. The molecule has 0 bridgehead atoms. The van der Waals surface area contributed by atoms with Crippen molar-refractivity contribution in [3.05, 3.63) is 59.1 Å². The van der Waals surface area contributed by atoms with Crippen molar-refractivity contribution in [3.63, 3.8) is 0 Å². The molecule has 0 saturated heterocycles. The van der Waals surface area contributed by atoms with Crippen molar-refractivity contribution in [3.8, 4) is 11.4 Å². The number of nitrogen functional groups attached to an aromatic ring is 1. The molecule has 4 rings (SSSR count). The van der Waals surface area contributed by atoms with E-state index in [9.17, 15) is 4.79 Å². The lowest BCUT2D eigenvalue weighted by Gasteiger charge is -2.31. The molecule has 2 aromatic carbocycles. The number of hydrogen-bond acceptors (Lipinski definition) is 5. The van der Waals surface area contributed by atoms with E-state index in [1.807, 2.05) is 42.2 Å². The first-order valence-electron chi connectivity index (χ1n) is 9.07. The molecule has 8 heteroatoms. The highest BCUT2D eigenvalue weighted by Gasteiger charge is 2.28. The number of benzene rings is 2. The van der Waals surface area contributed by atoms with Crippen molar-refractivity contribution >= 4 is 35.0 Å². The average Bonchev–Trinajstić information content (AvgIpc) is 3.07. The van der Waals surface area contributed by atoms with Gasteiger partial charge in [-0.1, -0.05) is 53.7 Å². The summed E-state index contributed by atoms with van der Waals surface area (Å²) in [5.74, 6) is 6.74. The number of fused-ring (bicyclic) bond motifs is 1. The van der Waals surface area contributed by atoms with Crippen LogP contribution in [0.5, 0.6) is 0 Å². The minimum absolute atomic E-state index is 0.0458. The molecule has 0 aliphatic carbocycles. The predicted octanol–water partition coefficient (Wildman–Crippen LogP) is 3.77. The molecule has 0 fully saturated rings. The van der Waals surface area contributed by atoms with Crippen molar-refractivity contribution in [1.82, 2.24) is 14.9 Å². The summed E-state index contributed by atoms with van der Waals surface area (Å²) in [6, 6.07) is 15.3. The molecular weight excluding hydrogens is 394 g/mol. The van der Waals surface area contributed by atoms with Crippen LogP contribution in [0.2, 0.25) is 5.02 Å². The molecule has 1 aliphatic rings. The fourth-order valence-corrected chi connectivity index (χ4v) is 4.39. The van der Waals surface area contributed by atoms with Crippen LogP contribution >= 0.6 is 23.4 Å². The third-order valence-corrected chi connectivity index (χ3v) is 6.03. The van der Waals surface area contributed by atoms with Crippen molar-refractivity contribution in [2.24, 2.45) is 0 Å². The Hall–Kier alpha value is -2.51. The van der Waals surface area contributed by atoms with Gasteiger partial charge in [-0.15, -0.1) is 10.2 Å². The molecule has 2 N–H and O–H groups in total. The summed E-state index contributed by atoms with van der Waals surface area (Å²) in [6.45, 7) is 2.60. The predicted molar refractivity (Wildman–Crippen MR) is 113 cm³/mol. The van der Waals surface area contributed by atoms with E-state index in [0.29, 0.717) is 16.0 Å². The molecule has 0 saturated carbocycles. The number of para-hydroxylation sites is 1. The van der Waals surface area contributed by atoms with Gasteiger partial charge in [-0.25, -0.2) is 4.68 Å². The van der Waals surface area contributed by atoms with Gasteiger partial charge in [0.25, 0.3) is 0 Å². The Morgan fingerprint density at radius 1 is 1.21 bits per heavy atom. The van der Waals surface area contributed by atoms with Gasteiger partial charge in [0, 0.05) is 22.8 Å². The van der Waals surface area contributed by atoms with E-state index in [2.05, 4.69) is 16.3 Å². The van der Waals surface area contributed by atoms with Crippen LogP contribution in [0.25, 0.3) is 11.4 Å². The van der Waals surface area contributed by atoms with Gasteiger partial charge in [-0.3, -0.25) is 4.79 Å². The topological polar surface area (TPSA) is 77.0 Å². The number of amides is 1. The monoisotopic (exact) mass is 413 g/mol. The van der Waals surface area contributed by atoms with Crippen LogP contribution in [-0.2, 0) is 11.2 Å². The Labute approximate surface area is 172 Å². The van der Waals surface area contributed by atoms with Gasteiger partial charge in [-0.05, 0) is 43.5 Å². The third-order valence-electron chi connectivity index (χ3n) is 4.75. The van der Waals surface area contributed by atoms with Gasteiger partial charge in [0.15, 0.2) is 5.82 Å². The fourth-order valence-electron chi connectivity index (χ4n) is 3.37. The fraction of sp³-hybridized carbons (Fsp3) is 0.250. The first kappa shape index (κ1) is 18.8. The number of carbonyl (C=O) groups excluding carboxylic acids is 1. The molecule has 0 radical (unpaired) electrons. The Morgan fingerprint density at radius 3 is 2.86 bits per heavy atom. The van der Waals surface area contributed by atoms with E-state index in [1.165, 1.54) is 22.0 Å². The Bertz CT molecular complexity index is 1020. The van der Waals surface area contributed by atoms with Crippen molar-refractivity contribution in [1.29, 1.82) is 0 Å². The number of rotatable bonds is 4. The Morgan fingerprint density at radius 2 is 2.04 bits per heavy atom. The van der Waals surface area contributed by atoms with Gasteiger partial charge in [-0.2, -0.15) is 0 Å². The summed E-state index contributed by atoms with van der Waals surface area (Å²) < 4.78 is 1.41. The number of halogens is 1. The van der Waals surface area contributed by atoms with E-state index in [-0.39, 0.29) is 11.2 Å². The van der Waals surface area contributed by atoms with Crippen LogP contribution in [0, 0.1) is 0 Å². The summed E-state index contributed by atoms with van der Waals surface area (Å²) in [7, 11) is 0. The van der Waals surface area contributed by atoms with E-state index in [4.69, 9.17) is 17.4 Å². The minimum Gasteiger partial charge on any atom is -0.335 e. The lowest BCUT2D eigenvalue weighted by Crippen LogP contribution is -2.40. The molecule has 1 amide bonds. The molecule has 1 aliphatic heterocycles. The molecule has 1 atom stereocenters. The lowest BCUT2D eigenvalue weighted by molar-refractivity contribution is -0.117. The summed E-state index contributed by atoms with van der Waals surface area (Å²) >= 11 is 7.36. The maximum Gasteiger partial charge on any atom is 0.240 e. The van der Waals surface area contributed by atoms with Gasteiger partial charge in [0.1, 0.15) is 0 Å². The van der Waals surface area contributed by atoms with Gasteiger partial charge >= 0.3 is 0 Å². The number of nitrogens with two attached hydrogens (primary N) is 1. The van der Waals surface area contributed by atoms with Gasteiger partial charge in [0.2, 0.25) is 11.1 Å². The maximum absolute atomic E-state index is 13.1. The SMILES string of the molecule is C[C@@H](Sc1nnc(-c2cccc(Cl)c2)n1N)C(=O)N1CCCc2ccccc21. The smallest absolute Gasteiger partial charge is 0.240 e. The molecule has 0 unspecified atom stereocenters. The second-order valence-electron chi connectivity index (χ2n) is 6.67. The average molecular weight is 414 g/mol. The number of aromatic nitrogens is 3. The van der Waals surface area contributed by atoms with Gasteiger partial charge < -0.3 is 10.7 Å². The van der Waals surface area contributed by atoms with Crippen LogP contribution in [0.1, 0.15) is 18.9 Å². The van der Waals surface area contributed by atoms with Gasteiger partial charge in [0.05, 0.1) is 5.25 Å². The lowest BCUT2D eigenvalue weighted by atomic mass is 10.0. The van der Waals surface area contributed by atoms with Crippen LogP contribution in [0.15, 0.2) is 53.7 Å². The second kappa shape index (κ2) is 7.85. The molecule has 144 valence electrons. The van der Waals surface area contributed by atoms with Crippen LogP contribution in [0.3, 0.4) is 0 Å². The number of aryl methyl sites for hydroxylation is 1. The zero-order valence-electron chi connectivity index (χ0n) is 15.4. The maximum atomic E-state index is 13.1. The van der Waals surface area contributed by atoms with E-state index in [0.717, 1.165) is 30.6 Å². The quantitative estimate of drug-likeness (QED) is 0.520. The summed E-state index contributed by atoms with van der Waals surface area (Å²) in [6.07, 6.45) is 1.97. The van der Waals surface area contributed by atoms with Crippen LogP contribution < -0.4 is 10.7 Å². The first-order valence-corrected chi connectivity index (χ1v) is 10.3. The molecule has 1 aromatic heterocycles. The molecule has 2 heterocycles. The number of anilines is 1. The zero-order valence-corrected chi connectivity index (χ0v) is 17.0. The Balaban J connectivity index is 1.53. The first-order chi connectivity index (χ1) is 13.5. The summed E-state index contributed by atoms with van der Waals surface area (Å²) in [4.78, 5) is 15.0. The summed E-state index contributed by atoms with van der Waals surface area (Å²) in [5.41, 5.74) is 2.99. The third kappa shape index (κ3) is 3.59. The Kier molecular flexibility index (Phi) is 5.28. The molecule has 3 aromatic rings. The number of carbonyl (C=O) groups is 1. The molecule has 0 spiro atoms. The van der Waals surface area contributed by atoms with E-state index >= 15 is 0 Å². The van der Waals surface area contributed by atoms with E-state index in [1.54, 1.807) is 12.1 Å². The van der Waals surface area contributed by atoms with Crippen molar-refractivity contribution in [2.45, 2.75) is 30.2 Å².